The predicted molar refractivity (Wildman–Crippen MR) is 182 cm³/mol. The van der Waals surface area contributed by atoms with Gasteiger partial charge in [0.2, 0.25) is 0 Å². The molecule has 44 heavy (non-hydrogen) atoms. The van der Waals surface area contributed by atoms with Gasteiger partial charge < -0.3 is 0 Å². The maximum atomic E-state index is 5.03. The van der Waals surface area contributed by atoms with Crippen LogP contribution in [-0.4, -0.2) is 19.1 Å². The molecule has 0 radical (unpaired) electrons. The first-order chi connectivity index (χ1) is 21.8. The fourth-order valence-corrected chi connectivity index (χ4v) is 7.25. The maximum Gasteiger partial charge on any atom is 0.138 e. The van der Waals surface area contributed by atoms with Gasteiger partial charge in [-0.3, -0.25) is 9.13 Å². The molecule has 0 saturated heterocycles. The number of benzene rings is 6. The van der Waals surface area contributed by atoms with Crippen molar-refractivity contribution in [3.8, 4) is 22.8 Å². The van der Waals surface area contributed by atoms with E-state index in [2.05, 4.69) is 137 Å². The van der Waals surface area contributed by atoms with E-state index in [1.165, 1.54) is 48.7 Å². The standard InChI is InChI=1S/C40H24N4/c1-2-9-27-22-28(17-15-25(27)8-1)29-19-21-42-36(24-29)44-34-13-7-10-26-16-18-30-23-32-31-11-3-4-12-33(31)43(35-14-5-6-20-41-35)39(32)40(44)38(30)37(26)34/h1-24H. The first-order valence-corrected chi connectivity index (χ1v) is 14.9. The molecule has 0 bridgehead atoms. The molecule has 0 aliphatic heterocycles. The highest BCUT2D eigenvalue weighted by atomic mass is 15.1. The molecule has 0 aliphatic rings. The lowest BCUT2D eigenvalue weighted by Crippen LogP contribution is -2.01. The van der Waals surface area contributed by atoms with Crippen molar-refractivity contribution in [1.82, 2.24) is 19.1 Å². The zero-order valence-electron chi connectivity index (χ0n) is 23.6. The first kappa shape index (κ1) is 23.6. The molecule has 0 spiro atoms. The molecule has 4 heteroatoms. The molecule has 4 heterocycles. The van der Waals surface area contributed by atoms with Crippen LogP contribution in [0, 0.1) is 0 Å². The topological polar surface area (TPSA) is 35.6 Å². The van der Waals surface area contributed by atoms with E-state index < -0.39 is 0 Å². The third-order valence-corrected chi connectivity index (χ3v) is 9.13. The zero-order valence-corrected chi connectivity index (χ0v) is 23.6. The van der Waals surface area contributed by atoms with Gasteiger partial charge in [-0.05, 0) is 81.2 Å². The number of aromatic nitrogens is 4. The monoisotopic (exact) mass is 560 g/mol. The Bertz CT molecular complexity index is 2710. The van der Waals surface area contributed by atoms with E-state index in [9.17, 15) is 0 Å². The van der Waals surface area contributed by atoms with E-state index in [-0.39, 0.29) is 0 Å². The summed E-state index contributed by atoms with van der Waals surface area (Å²) in [6, 6.07) is 47.8. The van der Waals surface area contributed by atoms with E-state index in [1.807, 2.05) is 18.5 Å². The van der Waals surface area contributed by atoms with Crippen LogP contribution < -0.4 is 0 Å². The summed E-state index contributed by atoms with van der Waals surface area (Å²) in [4.78, 5) is 9.87. The van der Waals surface area contributed by atoms with Crippen LogP contribution in [0.3, 0.4) is 0 Å². The number of hydrogen-bond acceptors (Lipinski definition) is 2. The molecule has 10 aromatic rings. The fraction of sp³-hybridized carbons (Fsp3) is 0. The molecule has 4 nitrogen and oxygen atoms in total. The lowest BCUT2D eigenvalue weighted by atomic mass is 10.00. The Labute approximate surface area is 252 Å². The van der Waals surface area contributed by atoms with Gasteiger partial charge in [0.1, 0.15) is 11.6 Å². The van der Waals surface area contributed by atoms with Gasteiger partial charge in [0.05, 0.1) is 22.1 Å². The van der Waals surface area contributed by atoms with E-state index in [1.54, 1.807) is 0 Å². The van der Waals surface area contributed by atoms with Crippen molar-refractivity contribution >= 4 is 65.2 Å². The average Bonchev–Trinajstić information content (AvgIpc) is 3.61. The lowest BCUT2D eigenvalue weighted by molar-refractivity contribution is 1.06. The van der Waals surface area contributed by atoms with Gasteiger partial charge >= 0.3 is 0 Å². The summed E-state index contributed by atoms with van der Waals surface area (Å²) in [5.41, 5.74) is 6.88. The Morgan fingerprint density at radius 2 is 1.11 bits per heavy atom. The quantitative estimate of drug-likeness (QED) is 0.202. The molecule has 0 amide bonds. The molecule has 0 aliphatic carbocycles. The Morgan fingerprint density at radius 1 is 0.386 bits per heavy atom. The summed E-state index contributed by atoms with van der Waals surface area (Å²) in [6.07, 6.45) is 3.81. The van der Waals surface area contributed by atoms with Crippen molar-refractivity contribution in [1.29, 1.82) is 0 Å². The highest BCUT2D eigenvalue weighted by molar-refractivity contribution is 6.32. The average molecular weight is 561 g/mol. The molecule has 4 aromatic heterocycles. The Hall–Kier alpha value is -6.00. The van der Waals surface area contributed by atoms with Crippen molar-refractivity contribution in [3.05, 3.63) is 146 Å². The summed E-state index contributed by atoms with van der Waals surface area (Å²) in [5.74, 6) is 1.79. The van der Waals surface area contributed by atoms with Gasteiger partial charge in [-0.25, -0.2) is 9.97 Å². The summed E-state index contributed by atoms with van der Waals surface area (Å²) in [5, 5.41) is 9.85. The van der Waals surface area contributed by atoms with Crippen LogP contribution in [0.25, 0.3) is 87.9 Å². The number of rotatable bonds is 3. The van der Waals surface area contributed by atoms with Crippen LogP contribution >= 0.6 is 0 Å². The van der Waals surface area contributed by atoms with E-state index in [0.717, 1.165) is 39.3 Å². The normalized spacial score (nSPS) is 12.1. The van der Waals surface area contributed by atoms with Gasteiger partial charge in [0.15, 0.2) is 0 Å². The molecule has 0 unspecified atom stereocenters. The van der Waals surface area contributed by atoms with Crippen molar-refractivity contribution in [2.45, 2.75) is 0 Å². The smallest absolute Gasteiger partial charge is 0.138 e. The molecule has 6 aromatic carbocycles. The number of pyridine rings is 2. The molecule has 0 atom stereocenters. The summed E-state index contributed by atoms with van der Waals surface area (Å²) in [6.45, 7) is 0. The predicted octanol–water partition coefficient (Wildman–Crippen LogP) is 10.1. The number of nitrogens with zero attached hydrogens (tertiary/aromatic N) is 4. The summed E-state index contributed by atoms with van der Waals surface area (Å²) < 4.78 is 4.69. The molecule has 10 rings (SSSR count). The number of fused-ring (bicyclic) bond motifs is 5. The van der Waals surface area contributed by atoms with Crippen LogP contribution in [0.15, 0.2) is 146 Å². The van der Waals surface area contributed by atoms with Gasteiger partial charge in [-0.2, -0.15) is 0 Å². The second kappa shape index (κ2) is 8.76. The number of para-hydroxylation sites is 1. The van der Waals surface area contributed by atoms with Crippen LogP contribution in [-0.2, 0) is 0 Å². The summed E-state index contributed by atoms with van der Waals surface area (Å²) in [7, 11) is 0. The van der Waals surface area contributed by atoms with Gasteiger partial charge in [-0.1, -0.05) is 84.9 Å². The van der Waals surface area contributed by atoms with Crippen molar-refractivity contribution in [2.75, 3.05) is 0 Å². The fourth-order valence-electron chi connectivity index (χ4n) is 7.25. The van der Waals surface area contributed by atoms with E-state index in [4.69, 9.17) is 9.97 Å². The van der Waals surface area contributed by atoms with Crippen molar-refractivity contribution in [2.24, 2.45) is 0 Å². The van der Waals surface area contributed by atoms with E-state index >= 15 is 0 Å². The van der Waals surface area contributed by atoms with Crippen LogP contribution in [0.1, 0.15) is 0 Å². The summed E-state index contributed by atoms with van der Waals surface area (Å²) >= 11 is 0. The van der Waals surface area contributed by atoms with Crippen molar-refractivity contribution < 1.29 is 0 Å². The molecular formula is C40H24N4. The van der Waals surface area contributed by atoms with Gasteiger partial charge in [0, 0.05) is 33.9 Å². The first-order valence-electron chi connectivity index (χ1n) is 14.9. The van der Waals surface area contributed by atoms with Crippen LogP contribution in [0.2, 0.25) is 0 Å². The molecular weight excluding hydrogens is 536 g/mol. The van der Waals surface area contributed by atoms with Gasteiger partial charge in [0.25, 0.3) is 0 Å². The Morgan fingerprint density at radius 3 is 2.05 bits per heavy atom. The molecule has 0 fully saturated rings. The van der Waals surface area contributed by atoms with E-state index in [0.29, 0.717) is 0 Å². The maximum absolute atomic E-state index is 5.03. The molecule has 0 saturated carbocycles. The SMILES string of the molecule is c1ccc(-n2c3ccccc3c3cc4ccc5cccc6c5c4c(c32)n6-c2cc(-c3ccc4ccccc4c3)ccn2)nc1. The minimum absolute atomic E-state index is 0.894. The largest absolute Gasteiger partial charge is 0.292 e. The van der Waals surface area contributed by atoms with Gasteiger partial charge in [-0.15, -0.1) is 0 Å². The minimum Gasteiger partial charge on any atom is -0.292 e. The van der Waals surface area contributed by atoms with Crippen molar-refractivity contribution in [3.63, 3.8) is 0 Å². The zero-order chi connectivity index (χ0) is 28.8. The Kier molecular flexibility index (Phi) is 4.69. The molecule has 0 N–H and O–H groups in total. The third kappa shape index (κ3) is 3.17. The number of hydrogen-bond donors (Lipinski definition) is 0. The van der Waals surface area contributed by atoms with Crippen LogP contribution in [0.4, 0.5) is 0 Å². The molecule has 204 valence electrons. The highest BCUT2D eigenvalue weighted by Crippen LogP contribution is 2.45. The lowest BCUT2D eigenvalue weighted by Gasteiger charge is -2.13. The minimum atomic E-state index is 0.894. The van der Waals surface area contributed by atoms with Crippen LogP contribution in [0.5, 0.6) is 0 Å². The second-order valence-corrected chi connectivity index (χ2v) is 11.5. The third-order valence-electron chi connectivity index (χ3n) is 9.13. The Balaban J connectivity index is 1.38. The highest BCUT2D eigenvalue weighted by Gasteiger charge is 2.24. The second-order valence-electron chi connectivity index (χ2n) is 11.5.